The Kier molecular flexibility index (Phi) is 2.93. The van der Waals surface area contributed by atoms with Crippen LogP contribution in [-0.2, 0) is 0 Å². The van der Waals surface area contributed by atoms with Crippen LogP contribution in [0.4, 0.5) is 0 Å². The zero-order chi connectivity index (χ0) is 13.0. The molecule has 0 aliphatic carbocycles. The predicted molar refractivity (Wildman–Crippen MR) is 73.6 cm³/mol. The van der Waals surface area contributed by atoms with Crippen molar-refractivity contribution in [3.05, 3.63) is 22.3 Å². The van der Waals surface area contributed by atoms with Gasteiger partial charge in [0, 0.05) is 16.8 Å². The first-order chi connectivity index (χ1) is 7.81. The van der Waals surface area contributed by atoms with Gasteiger partial charge in [0.2, 0.25) is 0 Å². The zero-order valence-electron chi connectivity index (χ0n) is 11.0. The minimum absolute atomic E-state index is 0.221. The minimum atomic E-state index is -0.221. The first kappa shape index (κ1) is 12.7. The van der Waals surface area contributed by atoms with Gasteiger partial charge in [-0.15, -0.1) is 0 Å². The van der Waals surface area contributed by atoms with Crippen molar-refractivity contribution in [2.24, 2.45) is 0 Å². The Balaban J connectivity index is 2.75. The van der Waals surface area contributed by atoms with Crippen molar-refractivity contribution in [3.8, 4) is 11.5 Å². The molecule has 0 saturated heterocycles. The van der Waals surface area contributed by atoms with Gasteiger partial charge in [0.1, 0.15) is 17.1 Å². The van der Waals surface area contributed by atoms with Crippen molar-refractivity contribution in [2.75, 3.05) is 5.33 Å². The maximum atomic E-state index is 10.2. The number of phenolic OH excluding ortho intramolecular Hbond substituents is 1. The molecule has 1 aliphatic rings. The highest BCUT2D eigenvalue weighted by Crippen LogP contribution is 2.51. The first-order valence-electron chi connectivity index (χ1n) is 5.88. The van der Waals surface area contributed by atoms with Gasteiger partial charge in [0.05, 0.1) is 0 Å². The van der Waals surface area contributed by atoms with Crippen LogP contribution in [0, 0.1) is 20.8 Å². The lowest BCUT2D eigenvalue weighted by atomic mass is 9.84. The lowest BCUT2D eigenvalue weighted by molar-refractivity contribution is 0.117. The maximum absolute atomic E-state index is 10.2. The molecule has 0 fully saturated rings. The molecule has 0 unspecified atom stereocenters. The second-order valence-corrected chi connectivity index (χ2v) is 6.03. The van der Waals surface area contributed by atoms with Crippen LogP contribution in [0.15, 0.2) is 0 Å². The molecule has 2 rings (SSSR count). The van der Waals surface area contributed by atoms with Crippen LogP contribution >= 0.6 is 15.9 Å². The van der Waals surface area contributed by atoms with E-state index in [0.29, 0.717) is 5.75 Å². The van der Waals surface area contributed by atoms with Crippen LogP contribution in [0.3, 0.4) is 0 Å². The van der Waals surface area contributed by atoms with E-state index in [2.05, 4.69) is 29.8 Å². The standard InChI is InChI=1S/C14H19BrO2/c1-7-8(2)13-11(9(3)12(7)16)10(6-15)14(4,5)17-13/h10,16H,6H2,1-5H3/t10-/m0/s1. The number of hydrogen-bond donors (Lipinski definition) is 1. The van der Waals surface area contributed by atoms with Crippen LogP contribution in [-0.4, -0.2) is 16.0 Å². The van der Waals surface area contributed by atoms with E-state index in [4.69, 9.17) is 4.74 Å². The van der Waals surface area contributed by atoms with E-state index in [1.165, 1.54) is 0 Å². The fraction of sp³-hybridized carbons (Fsp3) is 0.571. The number of rotatable bonds is 1. The molecular weight excluding hydrogens is 280 g/mol. The Labute approximate surface area is 111 Å². The Morgan fingerprint density at radius 3 is 2.29 bits per heavy atom. The average Bonchev–Trinajstić information content (AvgIpc) is 2.54. The summed E-state index contributed by atoms with van der Waals surface area (Å²) in [7, 11) is 0. The summed E-state index contributed by atoms with van der Waals surface area (Å²) in [5.74, 6) is 1.66. The second-order valence-electron chi connectivity index (χ2n) is 5.38. The predicted octanol–water partition coefficient (Wildman–Crippen LogP) is 3.97. The van der Waals surface area contributed by atoms with Crippen molar-refractivity contribution in [1.29, 1.82) is 0 Å². The molecule has 1 aromatic carbocycles. The van der Waals surface area contributed by atoms with Gasteiger partial charge in [0.25, 0.3) is 0 Å². The number of fused-ring (bicyclic) bond motifs is 1. The van der Waals surface area contributed by atoms with Gasteiger partial charge in [-0.1, -0.05) is 15.9 Å². The highest BCUT2D eigenvalue weighted by atomic mass is 79.9. The highest BCUT2D eigenvalue weighted by Gasteiger charge is 2.43. The molecule has 1 atom stereocenters. The Morgan fingerprint density at radius 1 is 1.18 bits per heavy atom. The third kappa shape index (κ3) is 1.67. The van der Waals surface area contributed by atoms with E-state index in [0.717, 1.165) is 33.3 Å². The number of aromatic hydroxyl groups is 1. The number of halogens is 1. The van der Waals surface area contributed by atoms with E-state index in [1.807, 2.05) is 20.8 Å². The Hall–Kier alpha value is -0.700. The van der Waals surface area contributed by atoms with E-state index < -0.39 is 0 Å². The summed E-state index contributed by atoms with van der Waals surface area (Å²) in [6.07, 6.45) is 0. The number of hydrogen-bond acceptors (Lipinski definition) is 2. The summed E-state index contributed by atoms with van der Waals surface area (Å²) < 4.78 is 6.10. The maximum Gasteiger partial charge on any atom is 0.127 e. The molecule has 0 bridgehead atoms. The Bertz CT molecular complexity index is 478. The molecule has 2 nitrogen and oxygen atoms in total. The van der Waals surface area contributed by atoms with E-state index in [-0.39, 0.29) is 11.5 Å². The third-order valence-electron chi connectivity index (χ3n) is 3.97. The van der Waals surface area contributed by atoms with Gasteiger partial charge in [-0.25, -0.2) is 0 Å². The Morgan fingerprint density at radius 2 is 1.76 bits per heavy atom. The van der Waals surface area contributed by atoms with Crippen molar-refractivity contribution < 1.29 is 9.84 Å². The topological polar surface area (TPSA) is 29.5 Å². The van der Waals surface area contributed by atoms with Gasteiger partial charge in [-0.3, -0.25) is 0 Å². The first-order valence-corrected chi connectivity index (χ1v) is 7.01. The van der Waals surface area contributed by atoms with Crippen molar-refractivity contribution >= 4 is 15.9 Å². The quantitative estimate of drug-likeness (QED) is 0.795. The molecule has 3 heteroatoms. The van der Waals surface area contributed by atoms with Crippen LogP contribution in [0.1, 0.15) is 42.0 Å². The summed E-state index contributed by atoms with van der Waals surface area (Å²) in [6, 6.07) is 0. The normalized spacial score (nSPS) is 21.2. The fourth-order valence-electron chi connectivity index (χ4n) is 2.62. The van der Waals surface area contributed by atoms with Gasteiger partial charge in [-0.2, -0.15) is 0 Å². The zero-order valence-corrected chi connectivity index (χ0v) is 12.6. The molecule has 0 amide bonds. The third-order valence-corrected chi connectivity index (χ3v) is 4.62. The van der Waals surface area contributed by atoms with Crippen LogP contribution in [0.5, 0.6) is 11.5 Å². The SMILES string of the molecule is Cc1c(C)c2c(c(C)c1O)[C@H](CBr)C(C)(C)O2. The molecule has 17 heavy (non-hydrogen) atoms. The van der Waals surface area contributed by atoms with Gasteiger partial charge in [0.15, 0.2) is 0 Å². The highest BCUT2D eigenvalue weighted by molar-refractivity contribution is 9.09. The minimum Gasteiger partial charge on any atom is -0.507 e. The molecule has 1 N–H and O–H groups in total. The smallest absolute Gasteiger partial charge is 0.127 e. The molecule has 94 valence electrons. The van der Waals surface area contributed by atoms with Crippen molar-refractivity contribution in [3.63, 3.8) is 0 Å². The molecule has 0 saturated carbocycles. The van der Waals surface area contributed by atoms with Crippen LogP contribution < -0.4 is 4.74 Å². The number of ether oxygens (including phenoxy) is 1. The summed E-state index contributed by atoms with van der Waals surface area (Å²) >= 11 is 3.56. The van der Waals surface area contributed by atoms with E-state index in [9.17, 15) is 5.11 Å². The molecular formula is C14H19BrO2. The number of phenols is 1. The van der Waals surface area contributed by atoms with Gasteiger partial charge in [-0.05, 0) is 51.3 Å². The summed E-state index contributed by atoms with van der Waals surface area (Å²) in [4.78, 5) is 0. The molecule has 0 spiro atoms. The fourth-order valence-corrected chi connectivity index (χ4v) is 3.73. The van der Waals surface area contributed by atoms with E-state index in [1.54, 1.807) is 0 Å². The molecule has 1 heterocycles. The van der Waals surface area contributed by atoms with E-state index >= 15 is 0 Å². The van der Waals surface area contributed by atoms with Crippen molar-refractivity contribution in [2.45, 2.75) is 46.1 Å². The summed E-state index contributed by atoms with van der Waals surface area (Å²) in [5.41, 5.74) is 3.87. The molecule has 0 aromatic heterocycles. The molecule has 1 aliphatic heterocycles. The summed E-state index contributed by atoms with van der Waals surface area (Å²) in [6.45, 7) is 10.1. The average molecular weight is 299 g/mol. The van der Waals surface area contributed by atoms with Crippen molar-refractivity contribution in [1.82, 2.24) is 0 Å². The summed E-state index contributed by atoms with van der Waals surface area (Å²) in [5, 5.41) is 11.0. The molecule has 0 radical (unpaired) electrons. The lowest BCUT2D eigenvalue weighted by Crippen LogP contribution is -2.31. The van der Waals surface area contributed by atoms with Crippen LogP contribution in [0.25, 0.3) is 0 Å². The second kappa shape index (κ2) is 3.91. The largest absolute Gasteiger partial charge is 0.507 e. The molecule has 1 aromatic rings. The number of benzene rings is 1. The van der Waals surface area contributed by atoms with Gasteiger partial charge < -0.3 is 9.84 Å². The van der Waals surface area contributed by atoms with Gasteiger partial charge >= 0.3 is 0 Å². The van der Waals surface area contributed by atoms with Crippen LogP contribution in [0.2, 0.25) is 0 Å². The monoisotopic (exact) mass is 298 g/mol. The number of alkyl halides is 1. The lowest BCUT2D eigenvalue weighted by Gasteiger charge is -2.25.